The first-order valence-corrected chi connectivity index (χ1v) is 35.4. The maximum atomic E-state index is 13.0. The van der Waals surface area contributed by atoms with Gasteiger partial charge >= 0.3 is 17.9 Å². The number of hydrogen-bond acceptors (Lipinski definition) is 6. The van der Waals surface area contributed by atoms with Crippen molar-refractivity contribution in [1.29, 1.82) is 0 Å². The third-order valence-electron chi connectivity index (χ3n) is 15.7. The van der Waals surface area contributed by atoms with Crippen LogP contribution in [0, 0.1) is 0 Å². The average Bonchev–Trinajstić information content (AvgIpc) is 3.46. The molecule has 0 heterocycles. The van der Waals surface area contributed by atoms with E-state index in [2.05, 4.69) is 93.7 Å². The fourth-order valence-electron chi connectivity index (χ4n) is 10.4. The molecular formula is C75H134O6. The van der Waals surface area contributed by atoms with E-state index in [0.717, 1.165) is 89.9 Å². The Labute approximate surface area is 503 Å². The van der Waals surface area contributed by atoms with E-state index in [1.165, 1.54) is 238 Å². The molecule has 0 amide bonds. The monoisotopic (exact) mass is 1130 g/mol. The van der Waals surface area contributed by atoms with Gasteiger partial charge in [0.15, 0.2) is 6.10 Å². The number of allylic oxidation sites excluding steroid dienone is 12. The first-order valence-electron chi connectivity index (χ1n) is 35.4. The van der Waals surface area contributed by atoms with Crippen LogP contribution in [0.3, 0.4) is 0 Å². The van der Waals surface area contributed by atoms with Crippen LogP contribution in [-0.2, 0) is 28.6 Å². The third-order valence-corrected chi connectivity index (χ3v) is 15.7. The highest BCUT2D eigenvalue weighted by Crippen LogP contribution is 2.18. The lowest BCUT2D eigenvalue weighted by molar-refractivity contribution is -0.167. The molecule has 0 N–H and O–H groups in total. The normalized spacial score (nSPS) is 12.5. The summed E-state index contributed by atoms with van der Waals surface area (Å²) in [5.41, 5.74) is 0. The van der Waals surface area contributed by atoms with Gasteiger partial charge in [-0.25, -0.2) is 0 Å². The van der Waals surface area contributed by atoms with Gasteiger partial charge in [0.25, 0.3) is 0 Å². The molecule has 6 heteroatoms. The van der Waals surface area contributed by atoms with E-state index >= 15 is 0 Å². The second-order valence-electron chi connectivity index (χ2n) is 23.8. The fourth-order valence-corrected chi connectivity index (χ4v) is 10.4. The smallest absolute Gasteiger partial charge is 0.306 e. The van der Waals surface area contributed by atoms with Crippen LogP contribution in [0.15, 0.2) is 72.9 Å². The van der Waals surface area contributed by atoms with Crippen molar-refractivity contribution < 1.29 is 28.6 Å². The van der Waals surface area contributed by atoms with Gasteiger partial charge < -0.3 is 14.2 Å². The van der Waals surface area contributed by atoms with Gasteiger partial charge in [-0.15, -0.1) is 0 Å². The molecule has 81 heavy (non-hydrogen) atoms. The molecule has 0 saturated carbocycles. The Morgan fingerprint density at radius 2 is 0.481 bits per heavy atom. The molecule has 0 bridgehead atoms. The lowest BCUT2D eigenvalue weighted by atomic mass is 10.0. The summed E-state index contributed by atoms with van der Waals surface area (Å²) in [6, 6.07) is 0. The molecule has 0 aliphatic carbocycles. The van der Waals surface area contributed by atoms with Gasteiger partial charge in [0.05, 0.1) is 0 Å². The van der Waals surface area contributed by atoms with Crippen molar-refractivity contribution in [2.24, 2.45) is 0 Å². The lowest BCUT2D eigenvalue weighted by Crippen LogP contribution is -2.30. The lowest BCUT2D eigenvalue weighted by Gasteiger charge is -2.18. The summed E-state index contributed by atoms with van der Waals surface area (Å²) in [5, 5.41) is 0. The Kier molecular flexibility index (Phi) is 66.6. The van der Waals surface area contributed by atoms with E-state index in [1.807, 2.05) is 0 Å². The molecule has 0 radical (unpaired) electrons. The topological polar surface area (TPSA) is 78.9 Å². The van der Waals surface area contributed by atoms with Crippen molar-refractivity contribution in [1.82, 2.24) is 0 Å². The van der Waals surface area contributed by atoms with Crippen LogP contribution < -0.4 is 0 Å². The highest BCUT2D eigenvalue weighted by molar-refractivity contribution is 5.71. The number of hydrogen-bond donors (Lipinski definition) is 0. The molecule has 0 saturated heterocycles. The maximum Gasteiger partial charge on any atom is 0.306 e. The van der Waals surface area contributed by atoms with Crippen LogP contribution in [0.2, 0.25) is 0 Å². The molecule has 6 nitrogen and oxygen atoms in total. The second kappa shape index (κ2) is 69.3. The third kappa shape index (κ3) is 67.5. The van der Waals surface area contributed by atoms with Gasteiger partial charge in [-0.2, -0.15) is 0 Å². The largest absolute Gasteiger partial charge is 0.462 e. The minimum Gasteiger partial charge on any atom is -0.462 e. The summed E-state index contributed by atoms with van der Waals surface area (Å²) in [7, 11) is 0. The van der Waals surface area contributed by atoms with Crippen LogP contribution in [0.1, 0.15) is 367 Å². The summed E-state index contributed by atoms with van der Waals surface area (Å²) in [5.74, 6) is -0.851. The van der Waals surface area contributed by atoms with Gasteiger partial charge in [-0.1, -0.05) is 331 Å². The van der Waals surface area contributed by atoms with Crippen molar-refractivity contribution >= 4 is 17.9 Å². The van der Waals surface area contributed by atoms with Crippen molar-refractivity contribution in [3.63, 3.8) is 0 Å². The highest BCUT2D eigenvalue weighted by Gasteiger charge is 2.19. The molecule has 0 spiro atoms. The molecule has 0 fully saturated rings. The Morgan fingerprint density at radius 3 is 0.753 bits per heavy atom. The number of rotatable bonds is 65. The van der Waals surface area contributed by atoms with E-state index in [0.29, 0.717) is 19.3 Å². The number of ether oxygens (including phenoxy) is 3. The van der Waals surface area contributed by atoms with Gasteiger partial charge in [0.1, 0.15) is 13.2 Å². The minimum absolute atomic E-state index is 0.0711. The highest BCUT2D eigenvalue weighted by atomic mass is 16.6. The average molecular weight is 1130 g/mol. The van der Waals surface area contributed by atoms with E-state index in [1.54, 1.807) is 0 Å². The Hall–Kier alpha value is -3.15. The zero-order valence-corrected chi connectivity index (χ0v) is 54.1. The molecular weight excluding hydrogens is 997 g/mol. The molecule has 0 aromatic rings. The predicted molar refractivity (Wildman–Crippen MR) is 353 cm³/mol. The summed E-state index contributed by atoms with van der Waals surface area (Å²) < 4.78 is 17.0. The van der Waals surface area contributed by atoms with Crippen molar-refractivity contribution in [3.8, 4) is 0 Å². The van der Waals surface area contributed by atoms with Crippen LogP contribution in [0.25, 0.3) is 0 Å². The molecule has 0 aromatic carbocycles. The second-order valence-corrected chi connectivity index (χ2v) is 23.8. The van der Waals surface area contributed by atoms with Crippen molar-refractivity contribution in [3.05, 3.63) is 72.9 Å². The Balaban J connectivity index is 4.25. The van der Waals surface area contributed by atoms with Crippen LogP contribution in [-0.4, -0.2) is 37.2 Å². The zero-order valence-electron chi connectivity index (χ0n) is 54.1. The van der Waals surface area contributed by atoms with Gasteiger partial charge in [-0.3, -0.25) is 14.4 Å². The van der Waals surface area contributed by atoms with Crippen LogP contribution >= 0.6 is 0 Å². The molecule has 1 atom stereocenters. The quantitative estimate of drug-likeness (QED) is 0.0261. The van der Waals surface area contributed by atoms with Gasteiger partial charge in [0, 0.05) is 19.3 Å². The fraction of sp³-hybridized carbons (Fsp3) is 0.800. The number of unbranched alkanes of at least 4 members (excludes halogenated alkanes) is 42. The standard InChI is InChI=1S/C75H134O6/c1-4-7-10-13-16-19-22-25-27-29-31-33-35-36-37-38-40-41-43-45-47-50-53-56-59-62-65-68-74(77)80-71-72(70-79-73(76)67-64-61-58-55-52-49-24-21-18-15-12-9-6-3)81-75(78)69-66-63-60-57-54-51-48-46-44-42-39-34-32-30-28-26-23-20-17-14-11-8-5-2/h7,10,16,19,23,25-27,30-33,72H,4-6,8-9,11-15,17-18,20-22,24,28-29,34-71H2,1-3H3/b10-7-,19-16-,26-23-,27-25-,32-30-,33-31-. The zero-order chi connectivity index (χ0) is 58.5. The first-order chi connectivity index (χ1) is 40.0. The van der Waals surface area contributed by atoms with E-state index in [4.69, 9.17) is 14.2 Å². The molecule has 0 aliphatic heterocycles. The SMILES string of the molecule is CC/C=C\C/C=C\C/C=C\C/C=C\CCCCCCCCCCCCCCCCC(=O)OCC(COC(=O)CCCCCCCCCCCCCCC)OC(=O)CCCCCCCCCCCCC/C=C\C/C=C\CCCCCCC. The maximum absolute atomic E-state index is 13.0. The summed E-state index contributed by atoms with van der Waals surface area (Å²) in [6.45, 7) is 6.57. The van der Waals surface area contributed by atoms with Crippen LogP contribution in [0.4, 0.5) is 0 Å². The Morgan fingerprint density at radius 1 is 0.259 bits per heavy atom. The van der Waals surface area contributed by atoms with Gasteiger partial charge in [-0.05, 0) is 89.9 Å². The minimum atomic E-state index is -0.775. The number of carbonyl (C=O) groups excluding carboxylic acids is 3. The molecule has 470 valence electrons. The summed E-state index contributed by atoms with van der Waals surface area (Å²) in [4.78, 5) is 38.4. The number of esters is 3. The van der Waals surface area contributed by atoms with E-state index in [-0.39, 0.29) is 31.1 Å². The van der Waals surface area contributed by atoms with Crippen LogP contribution in [0.5, 0.6) is 0 Å². The molecule has 0 aliphatic rings. The first kappa shape index (κ1) is 77.9. The molecule has 0 rings (SSSR count). The molecule has 0 aromatic heterocycles. The predicted octanol–water partition coefficient (Wildman–Crippen LogP) is 24.4. The van der Waals surface area contributed by atoms with Crippen molar-refractivity contribution in [2.75, 3.05) is 13.2 Å². The van der Waals surface area contributed by atoms with E-state index < -0.39 is 6.10 Å². The molecule has 1 unspecified atom stereocenters. The summed E-state index contributed by atoms with van der Waals surface area (Å²) in [6.07, 6.45) is 90.7. The Bertz CT molecular complexity index is 1490. The number of carbonyl (C=O) groups is 3. The van der Waals surface area contributed by atoms with Gasteiger partial charge in [0.2, 0.25) is 0 Å². The summed E-state index contributed by atoms with van der Waals surface area (Å²) >= 11 is 0. The van der Waals surface area contributed by atoms with E-state index in [9.17, 15) is 14.4 Å². The van der Waals surface area contributed by atoms with Crippen molar-refractivity contribution in [2.45, 2.75) is 374 Å².